The highest BCUT2D eigenvalue weighted by atomic mass is 32.2. The van der Waals surface area contributed by atoms with Gasteiger partial charge in [0.05, 0.1) is 5.25 Å². The number of rotatable bonds is 0. The Hall–Kier alpha value is -0.150. The molecule has 0 aliphatic carbocycles. The van der Waals surface area contributed by atoms with E-state index < -0.39 is 0 Å². The Labute approximate surface area is 59.1 Å². The van der Waals surface area contributed by atoms with Gasteiger partial charge in [0.15, 0.2) is 0 Å². The molecule has 1 fully saturated rings. The Kier molecular flexibility index (Phi) is 1.39. The maximum Gasteiger partial charge on any atom is 0.0598 e. The Balaban J connectivity index is 2.16. The van der Waals surface area contributed by atoms with E-state index in [-0.39, 0.29) is 0 Å². The van der Waals surface area contributed by atoms with Gasteiger partial charge in [0.1, 0.15) is 0 Å². The third-order valence-electron chi connectivity index (χ3n) is 1.67. The number of hydrazine groups is 1. The second kappa shape index (κ2) is 2.23. The number of allylic oxidation sites excluding steroid dienone is 1. The van der Waals surface area contributed by atoms with Crippen molar-refractivity contribution in [3.05, 3.63) is 11.8 Å². The van der Waals surface area contributed by atoms with E-state index in [4.69, 9.17) is 0 Å². The van der Waals surface area contributed by atoms with Gasteiger partial charge in [-0.2, -0.15) is 11.8 Å². The van der Waals surface area contributed by atoms with E-state index >= 15 is 0 Å². The first kappa shape index (κ1) is 5.62. The summed E-state index contributed by atoms with van der Waals surface area (Å²) in [6.07, 6.45) is 3.52. The standard InChI is InChI=1S/C6H10N2S/c1-2-5-6(9-3-1)4-7-8-5/h2,6-8H,1,3-4H2. The van der Waals surface area contributed by atoms with Crippen LogP contribution in [0.2, 0.25) is 0 Å². The first-order valence-corrected chi connectivity index (χ1v) is 4.32. The molecule has 0 radical (unpaired) electrons. The first-order chi connectivity index (χ1) is 4.47. The van der Waals surface area contributed by atoms with Gasteiger partial charge in [-0.3, -0.25) is 0 Å². The number of nitrogens with one attached hydrogen (secondary N) is 2. The third kappa shape index (κ3) is 0.946. The van der Waals surface area contributed by atoms with Crippen LogP contribution in [0.25, 0.3) is 0 Å². The lowest BCUT2D eigenvalue weighted by molar-refractivity contribution is 0.721. The average Bonchev–Trinajstić information content (AvgIpc) is 2.33. The summed E-state index contributed by atoms with van der Waals surface area (Å²) in [6, 6.07) is 0. The van der Waals surface area contributed by atoms with Gasteiger partial charge in [0.25, 0.3) is 0 Å². The molecule has 0 bridgehead atoms. The van der Waals surface area contributed by atoms with E-state index in [1.54, 1.807) is 0 Å². The zero-order chi connectivity index (χ0) is 6.10. The predicted molar refractivity (Wildman–Crippen MR) is 40.1 cm³/mol. The molecule has 2 rings (SSSR count). The van der Waals surface area contributed by atoms with Crippen LogP contribution in [0, 0.1) is 0 Å². The summed E-state index contributed by atoms with van der Waals surface area (Å²) >= 11 is 2.04. The molecule has 1 unspecified atom stereocenters. The monoisotopic (exact) mass is 142 g/mol. The average molecular weight is 142 g/mol. The van der Waals surface area contributed by atoms with E-state index in [1.807, 2.05) is 11.8 Å². The highest BCUT2D eigenvalue weighted by molar-refractivity contribution is 8.00. The van der Waals surface area contributed by atoms with Gasteiger partial charge in [-0.25, -0.2) is 5.43 Å². The van der Waals surface area contributed by atoms with Gasteiger partial charge < -0.3 is 5.43 Å². The van der Waals surface area contributed by atoms with Crippen molar-refractivity contribution in [2.75, 3.05) is 12.3 Å². The van der Waals surface area contributed by atoms with Crippen LogP contribution in [0.5, 0.6) is 0 Å². The van der Waals surface area contributed by atoms with Gasteiger partial charge in [0, 0.05) is 12.2 Å². The smallest absolute Gasteiger partial charge is 0.0598 e. The maximum atomic E-state index is 3.15. The molecule has 1 saturated heterocycles. The lowest BCUT2D eigenvalue weighted by Gasteiger charge is -2.13. The Bertz CT molecular complexity index is 144. The fourth-order valence-electron chi connectivity index (χ4n) is 1.19. The van der Waals surface area contributed by atoms with Crippen LogP contribution in [-0.4, -0.2) is 17.5 Å². The fourth-order valence-corrected chi connectivity index (χ4v) is 2.27. The Morgan fingerprint density at radius 1 is 1.67 bits per heavy atom. The molecule has 9 heavy (non-hydrogen) atoms. The molecule has 2 aliphatic rings. The SMILES string of the molecule is C1=C2NNCC2SCC1. The van der Waals surface area contributed by atoms with Crippen molar-refractivity contribution in [1.82, 2.24) is 10.9 Å². The van der Waals surface area contributed by atoms with Gasteiger partial charge in [-0.1, -0.05) is 6.08 Å². The highest BCUT2D eigenvalue weighted by Gasteiger charge is 2.22. The van der Waals surface area contributed by atoms with E-state index in [2.05, 4.69) is 16.9 Å². The van der Waals surface area contributed by atoms with Crippen LogP contribution in [-0.2, 0) is 0 Å². The summed E-state index contributed by atoms with van der Waals surface area (Å²) in [6.45, 7) is 1.09. The predicted octanol–water partition coefficient (Wildman–Crippen LogP) is 0.484. The normalized spacial score (nSPS) is 32.9. The second-order valence-corrected chi connectivity index (χ2v) is 3.62. The number of hydrogen-bond acceptors (Lipinski definition) is 3. The summed E-state index contributed by atoms with van der Waals surface area (Å²) in [5.41, 5.74) is 7.67. The van der Waals surface area contributed by atoms with Gasteiger partial charge >= 0.3 is 0 Å². The van der Waals surface area contributed by atoms with Crippen LogP contribution in [0.3, 0.4) is 0 Å². The van der Waals surface area contributed by atoms with Gasteiger partial charge in [-0.05, 0) is 12.2 Å². The van der Waals surface area contributed by atoms with Crippen molar-refractivity contribution in [2.24, 2.45) is 0 Å². The molecule has 50 valence electrons. The molecule has 0 amide bonds. The van der Waals surface area contributed by atoms with Crippen molar-refractivity contribution in [3.8, 4) is 0 Å². The Morgan fingerprint density at radius 2 is 2.67 bits per heavy atom. The molecule has 0 aromatic heterocycles. The van der Waals surface area contributed by atoms with Crippen LogP contribution in [0.1, 0.15) is 6.42 Å². The Morgan fingerprint density at radius 3 is 3.56 bits per heavy atom. The van der Waals surface area contributed by atoms with E-state index in [0.717, 1.165) is 11.8 Å². The van der Waals surface area contributed by atoms with Gasteiger partial charge in [-0.15, -0.1) is 0 Å². The van der Waals surface area contributed by atoms with Crippen molar-refractivity contribution in [3.63, 3.8) is 0 Å². The molecular formula is C6H10N2S. The van der Waals surface area contributed by atoms with Crippen molar-refractivity contribution in [1.29, 1.82) is 0 Å². The highest BCUT2D eigenvalue weighted by Crippen LogP contribution is 2.25. The van der Waals surface area contributed by atoms with Crippen LogP contribution < -0.4 is 10.9 Å². The number of fused-ring (bicyclic) bond motifs is 1. The largest absolute Gasteiger partial charge is 0.325 e. The van der Waals surface area contributed by atoms with Crippen molar-refractivity contribution in [2.45, 2.75) is 11.7 Å². The van der Waals surface area contributed by atoms with Crippen molar-refractivity contribution < 1.29 is 0 Å². The molecule has 2 nitrogen and oxygen atoms in total. The molecular weight excluding hydrogens is 132 g/mol. The molecule has 0 spiro atoms. The maximum absolute atomic E-state index is 3.15. The summed E-state index contributed by atoms with van der Waals surface area (Å²) in [4.78, 5) is 0. The van der Waals surface area contributed by atoms with Crippen LogP contribution >= 0.6 is 11.8 Å². The summed E-state index contributed by atoms with van der Waals surface area (Å²) in [7, 11) is 0. The fraction of sp³-hybridized carbons (Fsp3) is 0.667. The topological polar surface area (TPSA) is 24.1 Å². The lowest BCUT2D eigenvalue weighted by atomic mass is 10.3. The zero-order valence-corrected chi connectivity index (χ0v) is 6.00. The molecule has 2 heterocycles. The van der Waals surface area contributed by atoms with Crippen molar-refractivity contribution >= 4 is 11.8 Å². The summed E-state index contributed by atoms with van der Waals surface area (Å²) in [5.74, 6) is 1.29. The molecule has 0 aromatic rings. The van der Waals surface area contributed by atoms with Crippen LogP contribution in [0.15, 0.2) is 11.8 Å². The molecule has 0 saturated carbocycles. The molecule has 0 aromatic carbocycles. The molecule has 3 heteroatoms. The minimum atomic E-state index is 0.721. The molecule has 2 N–H and O–H groups in total. The minimum absolute atomic E-state index is 0.721. The third-order valence-corrected chi connectivity index (χ3v) is 2.96. The minimum Gasteiger partial charge on any atom is -0.325 e. The van der Waals surface area contributed by atoms with E-state index in [1.165, 1.54) is 17.9 Å². The number of thioether (sulfide) groups is 1. The van der Waals surface area contributed by atoms with E-state index in [9.17, 15) is 0 Å². The zero-order valence-electron chi connectivity index (χ0n) is 5.18. The summed E-state index contributed by atoms with van der Waals surface area (Å²) in [5, 5.41) is 0.721. The van der Waals surface area contributed by atoms with E-state index in [0.29, 0.717) is 0 Å². The molecule has 1 atom stereocenters. The second-order valence-electron chi connectivity index (χ2n) is 2.31. The number of hydrogen-bond donors (Lipinski definition) is 2. The lowest BCUT2D eigenvalue weighted by Crippen LogP contribution is -2.20. The van der Waals surface area contributed by atoms with Gasteiger partial charge in [0.2, 0.25) is 0 Å². The van der Waals surface area contributed by atoms with Crippen LogP contribution in [0.4, 0.5) is 0 Å². The summed E-state index contributed by atoms with van der Waals surface area (Å²) < 4.78 is 0. The quantitative estimate of drug-likeness (QED) is 0.514. The first-order valence-electron chi connectivity index (χ1n) is 3.27. The molecule has 2 aliphatic heterocycles.